The minimum Gasteiger partial charge on any atom is -0.496 e. The highest BCUT2D eigenvalue weighted by atomic mass is 19.2. The van der Waals surface area contributed by atoms with Gasteiger partial charge in [-0.25, -0.2) is 13.6 Å². The van der Waals surface area contributed by atoms with Gasteiger partial charge in [0.25, 0.3) is 0 Å². The number of rotatable bonds is 8. The van der Waals surface area contributed by atoms with Gasteiger partial charge in [0, 0.05) is 23.3 Å². The van der Waals surface area contributed by atoms with Crippen molar-refractivity contribution >= 4 is 17.8 Å². The van der Waals surface area contributed by atoms with Crippen molar-refractivity contribution in [3.05, 3.63) is 59.2 Å². The maximum atomic E-state index is 13.2. The molecule has 0 heterocycles. The van der Waals surface area contributed by atoms with Crippen LogP contribution in [-0.2, 0) is 9.53 Å². The summed E-state index contributed by atoms with van der Waals surface area (Å²) in [5, 5.41) is 0. The molecule has 0 saturated heterocycles. The standard InChI is InChI=1S/C20H18F2O6/c1-25-17-10-19(27-3)18(26-2)9-13(17)5-7-20(24)28-11-16(23)12-4-6-14(21)15(22)8-12/h4-10H,11H2,1-3H3/b7-5+. The lowest BCUT2D eigenvalue weighted by Gasteiger charge is -2.12. The number of Topliss-reactive ketones (excluding diaryl/α,β-unsaturated/α-hetero) is 1. The lowest BCUT2D eigenvalue weighted by atomic mass is 10.1. The molecular weight excluding hydrogens is 374 g/mol. The molecule has 0 saturated carbocycles. The number of methoxy groups -OCH3 is 3. The average Bonchev–Trinajstić information content (AvgIpc) is 2.71. The molecule has 0 bridgehead atoms. The molecular formula is C20H18F2O6. The molecule has 2 aromatic carbocycles. The summed E-state index contributed by atoms with van der Waals surface area (Å²) >= 11 is 0. The van der Waals surface area contributed by atoms with Gasteiger partial charge in [-0.3, -0.25) is 4.79 Å². The third-order valence-corrected chi connectivity index (χ3v) is 3.72. The third-order valence-electron chi connectivity index (χ3n) is 3.72. The Morgan fingerprint density at radius 2 is 1.54 bits per heavy atom. The van der Waals surface area contributed by atoms with E-state index in [2.05, 4.69) is 0 Å². The fourth-order valence-corrected chi connectivity index (χ4v) is 2.28. The molecule has 148 valence electrons. The Balaban J connectivity index is 2.05. The largest absolute Gasteiger partial charge is 0.496 e. The maximum Gasteiger partial charge on any atom is 0.331 e. The first-order valence-electron chi connectivity index (χ1n) is 8.02. The molecule has 0 N–H and O–H groups in total. The summed E-state index contributed by atoms with van der Waals surface area (Å²) in [4.78, 5) is 23.8. The maximum absolute atomic E-state index is 13.2. The quantitative estimate of drug-likeness (QED) is 0.389. The molecule has 0 amide bonds. The molecule has 0 aromatic heterocycles. The number of ether oxygens (including phenoxy) is 4. The highest BCUT2D eigenvalue weighted by Gasteiger charge is 2.13. The number of benzene rings is 2. The third kappa shape index (κ3) is 5.06. The molecule has 0 atom stereocenters. The van der Waals surface area contributed by atoms with Gasteiger partial charge in [-0.1, -0.05) is 0 Å². The van der Waals surface area contributed by atoms with E-state index in [0.29, 0.717) is 22.8 Å². The molecule has 28 heavy (non-hydrogen) atoms. The van der Waals surface area contributed by atoms with Crippen molar-refractivity contribution in [1.29, 1.82) is 0 Å². The molecule has 6 nitrogen and oxygen atoms in total. The van der Waals surface area contributed by atoms with Crippen LogP contribution in [0.15, 0.2) is 36.4 Å². The highest BCUT2D eigenvalue weighted by Crippen LogP contribution is 2.35. The lowest BCUT2D eigenvalue weighted by Crippen LogP contribution is -2.13. The van der Waals surface area contributed by atoms with E-state index in [0.717, 1.165) is 24.3 Å². The normalized spacial score (nSPS) is 10.6. The topological polar surface area (TPSA) is 71.1 Å². The number of hydrogen-bond donors (Lipinski definition) is 0. The van der Waals surface area contributed by atoms with Crippen molar-refractivity contribution in [3.8, 4) is 17.2 Å². The Labute approximate surface area is 160 Å². The van der Waals surface area contributed by atoms with E-state index < -0.39 is 30.0 Å². The van der Waals surface area contributed by atoms with Crippen molar-refractivity contribution in [2.45, 2.75) is 0 Å². The van der Waals surface area contributed by atoms with Gasteiger partial charge in [0.1, 0.15) is 5.75 Å². The number of halogens is 2. The fourth-order valence-electron chi connectivity index (χ4n) is 2.28. The first-order valence-corrected chi connectivity index (χ1v) is 8.02. The number of hydrogen-bond acceptors (Lipinski definition) is 6. The van der Waals surface area contributed by atoms with Crippen LogP contribution in [0.1, 0.15) is 15.9 Å². The zero-order valence-corrected chi connectivity index (χ0v) is 15.5. The molecule has 8 heteroatoms. The van der Waals surface area contributed by atoms with Crippen molar-refractivity contribution in [2.75, 3.05) is 27.9 Å². The molecule has 0 fully saturated rings. The second-order valence-corrected chi connectivity index (χ2v) is 5.44. The van der Waals surface area contributed by atoms with Crippen LogP contribution in [-0.4, -0.2) is 39.7 Å². The number of ketones is 1. The Morgan fingerprint density at radius 1 is 0.893 bits per heavy atom. The molecule has 0 unspecified atom stereocenters. The van der Waals surface area contributed by atoms with Crippen LogP contribution in [0.25, 0.3) is 6.08 Å². The van der Waals surface area contributed by atoms with E-state index >= 15 is 0 Å². The predicted octanol–water partition coefficient (Wildman–Crippen LogP) is 3.43. The van der Waals surface area contributed by atoms with Crippen LogP contribution >= 0.6 is 0 Å². The van der Waals surface area contributed by atoms with Gasteiger partial charge in [0.2, 0.25) is 0 Å². The second kappa shape index (κ2) is 9.50. The summed E-state index contributed by atoms with van der Waals surface area (Å²) in [6.45, 7) is -0.614. The van der Waals surface area contributed by atoms with Crippen LogP contribution in [0.4, 0.5) is 8.78 Å². The van der Waals surface area contributed by atoms with E-state index in [9.17, 15) is 18.4 Å². The molecule has 2 rings (SSSR count). The predicted molar refractivity (Wildman–Crippen MR) is 96.8 cm³/mol. The minimum atomic E-state index is -1.15. The Hall–Kier alpha value is -3.42. The zero-order chi connectivity index (χ0) is 20.7. The van der Waals surface area contributed by atoms with Crippen LogP contribution < -0.4 is 14.2 Å². The van der Waals surface area contributed by atoms with E-state index in [1.54, 1.807) is 12.1 Å². The summed E-state index contributed by atoms with van der Waals surface area (Å²) in [5.74, 6) is -2.37. The smallest absolute Gasteiger partial charge is 0.331 e. The van der Waals surface area contributed by atoms with Crippen LogP contribution in [0.5, 0.6) is 17.2 Å². The summed E-state index contributed by atoms with van der Waals surface area (Å²) in [5.41, 5.74) is 0.418. The average molecular weight is 392 g/mol. The minimum absolute atomic E-state index is 0.0998. The molecule has 0 aliphatic heterocycles. The summed E-state index contributed by atoms with van der Waals surface area (Å²) < 4.78 is 46.5. The van der Waals surface area contributed by atoms with E-state index in [-0.39, 0.29) is 5.56 Å². The first kappa shape index (κ1) is 20.9. The Morgan fingerprint density at radius 3 is 2.14 bits per heavy atom. The summed E-state index contributed by atoms with van der Waals surface area (Å²) in [7, 11) is 4.40. The summed E-state index contributed by atoms with van der Waals surface area (Å²) in [6, 6.07) is 5.88. The SMILES string of the molecule is COc1cc(OC)c(OC)cc1/C=C/C(=O)OCC(=O)c1ccc(F)c(F)c1. The highest BCUT2D eigenvalue weighted by molar-refractivity contribution is 5.99. The number of carbonyl (C=O) groups is 2. The Bertz CT molecular complexity index is 908. The lowest BCUT2D eigenvalue weighted by molar-refractivity contribution is -0.136. The van der Waals surface area contributed by atoms with E-state index in [1.807, 2.05) is 0 Å². The van der Waals surface area contributed by atoms with Crippen molar-refractivity contribution in [3.63, 3.8) is 0 Å². The van der Waals surface area contributed by atoms with Gasteiger partial charge < -0.3 is 18.9 Å². The number of esters is 1. The van der Waals surface area contributed by atoms with Gasteiger partial charge in [-0.2, -0.15) is 0 Å². The fraction of sp³-hybridized carbons (Fsp3) is 0.200. The van der Waals surface area contributed by atoms with Gasteiger partial charge in [0.05, 0.1) is 21.3 Å². The van der Waals surface area contributed by atoms with E-state index in [1.165, 1.54) is 27.4 Å². The monoisotopic (exact) mass is 392 g/mol. The van der Waals surface area contributed by atoms with Gasteiger partial charge in [-0.05, 0) is 30.3 Å². The molecule has 0 aliphatic carbocycles. The van der Waals surface area contributed by atoms with E-state index in [4.69, 9.17) is 18.9 Å². The molecule has 0 aliphatic rings. The van der Waals surface area contributed by atoms with Crippen molar-refractivity contribution in [2.24, 2.45) is 0 Å². The Kier molecular flexibility index (Phi) is 7.08. The zero-order valence-electron chi connectivity index (χ0n) is 15.5. The van der Waals surface area contributed by atoms with Crippen molar-refractivity contribution in [1.82, 2.24) is 0 Å². The first-order chi connectivity index (χ1) is 13.4. The van der Waals surface area contributed by atoms with Crippen LogP contribution in [0, 0.1) is 11.6 Å². The van der Waals surface area contributed by atoms with Crippen LogP contribution in [0.3, 0.4) is 0 Å². The van der Waals surface area contributed by atoms with Gasteiger partial charge in [0.15, 0.2) is 35.5 Å². The molecule has 0 spiro atoms. The van der Waals surface area contributed by atoms with Gasteiger partial charge in [-0.15, -0.1) is 0 Å². The molecule has 0 radical (unpaired) electrons. The number of carbonyl (C=O) groups excluding carboxylic acids is 2. The van der Waals surface area contributed by atoms with Gasteiger partial charge >= 0.3 is 5.97 Å². The second-order valence-electron chi connectivity index (χ2n) is 5.44. The van der Waals surface area contributed by atoms with Crippen LogP contribution in [0.2, 0.25) is 0 Å². The molecule has 2 aromatic rings. The summed E-state index contributed by atoms with van der Waals surface area (Å²) in [6.07, 6.45) is 2.52. The van der Waals surface area contributed by atoms with Crippen molar-refractivity contribution < 1.29 is 37.3 Å².